The minimum atomic E-state index is 0.109. The molecule has 4 heteroatoms. The Labute approximate surface area is 114 Å². The lowest BCUT2D eigenvalue weighted by Crippen LogP contribution is -2.03. The van der Waals surface area contributed by atoms with Crippen LogP contribution in [0.5, 0.6) is 0 Å². The van der Waals surface area contributed by atoms with Crippen LogP contribution in [-0.2, 0) is 13.1 Å². The van der Waals surface area contributed by atoms with Gasteiger partial charge in [0.2, 0.25) is 0 Å². The molecule has 0 fully saturated rings. The summed E-state index contributed by atoms with van der Waals surface area (Å²) in [4.78, 5) is 0. The first kappa shape index (κ1) is 13.6. The number of anilines is 1. The largest absolute Gasteiger partial charge is 0.394 e. The Balaban J connectivity index is 2.03. The zero-order chi connectivity index (χ0) is 13.8. The van der Waals surface area contributed by atoms with E-state index in [2.05, 4.69) is 43.3 Å². The summed E-state index contributed by atoms with van der Waals surface area (Å²) in [5.41, 5.74) is 6.23. The van der Waals surface area contributed by atoms with Gasteiger partial charge in [-0.3, -0.25) is 4.68 Å². The predicted molar refractivity (Wildman–Crippen MR) is 77.3 cm³/mol. The van der Waals surface area contributed by atoms with Crippen LogP contribution in [0, 0.1) is 20.8 Å². The third kappa shape index (κ3) is 3.35. The van der Waals surface area contributed by atoms with Crippen molar-refractivity contribution in [1.82, 2.24) is 9.78 Å². The van der Waals surface area contributed by atoms with Gasteiger partial charge in [0.25, 0.3) is 0 Å². The van der Waals surface area contributed by atoms with Gasteiger partial charge >= 0.3 is 0 Å². The molecule has 102 valence electrons. The van der Waals surface area contributed by atoms with Crippen LogP contribution in [0.3, 0.4) is 0 Å². The summed E-state index contributed by atoms with van der Waals surface area (Å²) < 4.78 is 1.73. The second-order valence-electron chi connectivity index (χ2n) is 4.93. The Morgan fingerprint density at radius 1 is 1.16 bits per heavy atom. The first-order valence-electron chi connectivity index (χ1n) is 6.54. The molecular formula is C15H21N3O. The van der Waals surface area contributed by atoms with Crippen molar-refractivity contribution in [2.45, 2.75) is 33.9 Å². The normalized spacial score (nSPS) is 10.7. The molecule has 0 aliphatic rings. The molecule has 0 aliphatic heterocycles. The maximum Gasteiger partial charge on any atom is 0.0729 e. The second kappa shape index (κ2) is 5.89. The Morgan fingerprint density at radius 3 is 2.63 bits per heavy atom. The highest BCUT2D eigenvalue weighted by atomic mass is 16.3. The van der Waals surface area contributed by atoms with Gasteiger partial charge in [-0.1, -0.05) is 12.1 Å². The Kier molecular flexibility index (Phi) is 4.22. The molecule has 4 nitrogen and oxygen atoms in total. The summed E-state index contributed by atoms with van der Waals surface area (Å²) >= 11 is 0. The van der Waals surface area contributed by atoms with Crippen molar-refractivity contribution in [2.75, 3.05) is 11.9 Å². The number of rotatable bonds is 5. The summed E-state index contributed by atoms with van der Waals surface area (Å²) in [6, 6.07) is 4.46. The van der Waals surface area contributed by atoms with Crippen LogP contribution in [0.15, 0.2) is 24.5 Å². The van der Waals surface area contributed by atoms with Gasteiger partial charge < -0.3 is 10.4 Å². The van der Waals surface area contributed by atoms with E-state index < -0.39 is 0 Å². The number of benzene rings is 1. The van der Waals surface area contributed by atoms with Crippen LogP contribution in [-0.4, -0.2) is 21.5 Å². The Morgan fingerprint density at radius 2 is 1.89 bits per heavy atom. The SMILES string of the molecule is Cc1cc(C)c(CNc2cnn(CCO)c2)cc1C. The van der Waals surface area contributed by atoms with Gasteiger partial charge in [-0.05, 0) is 43.0 Å². The molecule has 0 bridgehead atoms. The number of nitrogens with one attached hydrogen (secondary N) is 1. The molecule has 2 N–H and O–H groups in total. The molecule has 1 aromatic heterocycles. The molecule has 1 heterocycles. The minimum Gasteiger partial charge on any atom is -0.394 e. The van der Waals surface area contributed by atoms with Crippen molar-refractivity contribution in [3.05, 3.63) is 46.8 Å². The molecule has 0 saturated carbocycles. The van der Waals surface area contributed by atoms with Gasteiger partial charge in [-0.15, -0.1) is 0 Å². The molecule has 0 aliphatic carbocycles. The lowest BCUT2D eigenvalue weighted by molar-refractivity contribution is 0.269. The van der Waals surface area contributed by atoms with Gasteiger partial charge in [0.05, 0.1) is 25.0 Å². The number of hydrogen-bond donors (Lipinski definition) is 2. The molecule has 2 rings (SSSR count). The van der Waals surface area contributed by atoms with Crippen LogP contribution >= 0.6 is 0 Å². The monoisotopic (exact) mass is 259 g/mol. The zero-order valence-electron chi connectivity index (χ0n) is 11.8. The predicted octanol–water partition coefficient (Wildman–Crippen LogP) is 2.41. The van der Waals surface area contributed by atoms with Crippen molar-refractivity contribution >= 4 is 5.69 Å². The number of nitrogens with zero attached hydrogens (tertiary/aromatic N) is 2. The number of aliphatic hydroxyl groups excluding tert-OH is 1. The van der Waals surface area contributed by atoms with Crippen LogP contribution in [0.1, 0.15) is 22.3 Å². The molecule has 0 atom stereocenters. The van der Waals surface area contributed by atoms with Crippen molar-refractivity contribution in [3.63, 3.8) is 0 Å². The lowest BCUT2D eigenvalue weighted by Gasteiger charge is -2.10. The van der Waals surface area contributed by atoms with E-state index in [1.807, 2.05) is 6.20 Å². The smallest absolute Gasteiger partial charge is 0.0729 e. The topological polar surface area (TPSA) is 50.1 Å². The van der Waals surface area contributed by atoms with Crippen molar-refractivity contribution in [1.29, 1.82) is 0 Å². The van der Waals surface area contributed by atoms with E-state index in [-0.39, 0.29) is 6.61 Å². The molecule has 0 spiro atoms. The maximum absolute atomic E-state index is 8.85. The fourth-order valence-corrected chi connectivity index (χ4v) is 2.09. The molecule has 19 heavy (non-hydrogen) atoms. The van der Waals surface area contributed by atoms with Crippen LogP contribution < -0.4 is 5.32 Å². The van der Waals surface area contributed by atoms with Crippen LogP contribution in [0.2, 0.25) is 0 Å². The molecule has 0 saturated heterocycles. The van der Waals surface area contributed by atoms with E-state index in [1.165, 1.54) is 22.3 Å². The minimum absolute atomic E-state index is 0.109. The quantitative estimate of drug-likeness (QED) is 0.867. The highest BCUT2D eigenvalue weighted by Gasteiger charge is 2.03. The summed E-state index contributed by atoms with van der Waals surface area (Å²) in [5, 5.41) is 16.4. The first-order chi connectivity index (χ1) is 9.10. The third-order valence-corrected chi connectivity index (χ3v) is 3.40. The fourth-order valence-electron chi connectivity index (χ4n) is 2.09. The van der Waals surface area contributed by atoms with Crippen LogP contribution in [0.4, 0.5) is 5.69 Å². The molecule has 0 unspecified atom stereocenters. The van der Waals surface area contributed by atoms with Crippen molar-refractivity contribution in [3.8, 4) is 0 Å². The van der Waals surface area contributed by atoms with E-state index in [9.17, 15) is 0 Å². The van der Waals surface area contributed by atoms with E-state index >= 15 is 0 Å². The number of aliphatic hydroxyl groups is 1. The van der Waals surface area contributed by atoms with Gasteiger partial charge in [-0.2, -0.15) is 5.10 Å². The molecular weight excluding hydrogens is 238 g/mol. The second-order valence-corrected chi connectivity index (χ2v) is 4.93. The van der Waals surface area contributed by atoms with Gasteiger partial charge in [-0.25, -0.2) is 0 Å². The lowest BCUT2D eigenvalue weighted by atomic mass is 10.0. The average molecular weight is 259 g/mol. The van der Waals surface area contributed by atoms with Crippen LogP contribution in [0.25, 0.3) is 0 Å². The van der Waals surface area contributed by atoms with E-state index in [0.29, 0.717) is 6.54 Å². The van der Waals surface area contributed by atoms with E-state index in [0.717, 1.165) is 12.2 Å². The number of aromatic nitrogens is 2. The number of hydrogen-bond acceptors (Lipinski definition) is 3. The average Bonchev–Trinajstić information content (AvgIpc) is 2.80. The highest BCUT2D eigenvalue weighted by Crippen LogP contribution is 2.17. The first-order valence-corrected chi connectivity index (χ1v) is 6.54. The maximum atomic E-state index is 8.85. The molecule has 0 amide bonds. The standard InChI is InChI=1S/C15H21N3O/c1-11-6-13(3)14(7-12(11)2)8-16-15-9-17-18(10-15)4-5-19/h6-7,9-10,16,19H,4-5,8H2,1-3H3. The van der Waals surface area contributed by atoms with E-state index in [1.54, 1.807) is 10.9 Å². The molecule has 0 radical (unpaired) electrons. The fraction of sp³-hybridized carbons (Fsp3) is 0.400. The third-order valence-electron chi connectivity index (χ3n) is 3.40. The van der Waals surface area contributed by atoms with Crippen molar-refractivity contribution in [2.24, 2.45) is 0 Å². The number of aryl methyl sites for hydroxylation is 3. The molecule has 1 aromatic carbocycles. The highest BCUT2D eigenvalue weighted by molar-refractivity contribution is 5.42. The molecule has 2 aromatic rings. The van der Waals surface area contributed by atoms with Gasteiger partial charge in [0.1, 0.15) is 0 Å². The summed E-state index contributed by atoms with van der Waals surface area (Å²) in [7, 11) is 0. The summed E-state index contributed by atoms with van der Waals surface area (Å²) in [5.74, 6) is 0. The summed E-state index contributed by atoms with van der Waals surface area (Å²) in [6.45, 7) is 7.84. The summed E-state index contributed by atoms with van der Waals surface area (Å²) in [6.07, 6.45) is 3.69. The zero-order valence-corrected chi connectivity index (χ0v) is 11.8. The van der Waals surface area contributed by atoms with E-state index in [4.69, 9.17) is 5.11 Å². The van der Waals surface area contributed by atoms with Crippen molar-refractivity contribution < 1.29 is 5.11 Å². The van der Waals surface area contributed by atoms with Gasteiger partial charge in [0.15, 0.2) is 0 Å². The van der Waals surface area contributed by atoms with Gasteiger partial charge in [0, 0.05) is 12.7 Å². The Hall–Kier alpha value is -1.81. The Bertz CT molecular complexity index is 561.